The summed E-state index contributed by atoms with van der Waals surface area (Å²) in [7, 11) is 3.47. The lowest BCUT2D eigenvalue weighted by atomic mass is 10.0. The molecule has 1 saturated heterocycles. The van der Waals surface area contributed by atoms with Crippen LogP contribution < -0.4 is 24.8 Å². The number of methoxy groups -OCH3 is 1. The van der Waals surface area contributed by atoms with E-state index in [1.807, 2.05) is 24.1 Å². The monoisotopic (exact) mass is 590 g/mol. The number of aromatic nitrogens is 2. The first-order valence-corrected chi connectivity index (χ1v) is 16.0. The molecule has 43 heavy (non-hydrogen) atoms. The number of anilines is 5. The van der Waals surface area contributed by atoms with Gasteiger partial charge < -0.3 is 24.8 Å². The van der Waals surface area contributed by atoms with Gasteiger partial charge in [0.25, 0.3) is 0 Å². The third-order valence-electron chi connectivity index (χ3n) is 9.75. The quantitative estimate of drug-likeness (QED) is 0.494. The van der Waals surface area contributed by atoms with Crippen molar-refractivity contribution in [2.24, 2.45) is 0 Å². The number of nitrogens with zero attached hydrogens (tertiary/aromatic N) is 7. The van der Waals surface area contributed by atoms with E-state index in [-0.39, 0.29) is 17.9 Å². The summed E-state index contributed by atoms with van der Waals surface area (Å²) in [6, 6.07) is 4.62. The Morgan fingerprint density at radius 2 is 1.84 bits per heavy atom. The second kappa shape index (κ2) is 12.3. The Kier molecular flexibility index (Phi) is 8.46. The molecule has 1 aromatic carbocycles. The minimum Gasteiger partial charge on any atom is -0.495 e. The van der Waals surface area contributed by atoms with Crippen LogP contribution >= 0.6 is 0 Å². The van der Waals surface area contributed by atoms with Gasteiger partial charge in [-0.15, -0.1) is 0 Å². The summed E-state index contributed by atoms with van der Waals surface area (Å²) in [4.78, 5) is 47.0. The molecule has 11 heteroatoms. The lowest BCUT2D eigenvalue weighted by Gasteiger charge is -2.43. The number of carbonyl (C=O) groups is 2. The van der Waals surface area contributed by atoms with Crippen LogP contribution in [0.2, 0.25) is 0 Å². The largest absolute Gasteiger partial charge is 0.495 e. The van der Waals surface area contributed by atoms with Gasteiger partial charge in [-0.05, 0) is 57.2 Å². The molecule has 2 amide bonds. The number of hydrogen-bond donors (Lipinski definition) is 1. The maximum Gasteiger partial charge on any atom is 0.249 e. The van der Waals surface area contributed by atoms with Crippen molar-refractivity contribution in [2.75, 3.05) is 73.4 Å². The Morgan fingerprint density at radius 1 is 1.09 bits per heavy atom. The van der Waals surface area contributed by atoms with Crippen LogP contribution in [0.4, 0.5) is 28.8 Å². The molecule has 232 valence electrons. The van der Waals surface area contributed by atoms with E-state index in [1.165, 1.54) is 12.8 Å². The highest BCUT2D eigenvalue weighted by atomic mass is 16.5. The van der Waals surface area contributed by atoms with Crippen LogP contribution in [0.25, 0.3) is 0 Å². The SMILES string of the molecule is CC[C@@H]1C(=O)N(C)c2cnc(Nc3cc4c(cc3OC)CCN4C(=O)CN3CCN(C(C)C)CC3)nc2N1C1CCCC1. The maximum absolute atomic E-state index is 13.5. The number of fused-ring (bicyclic) bond motifs is 2. The van der Waals surface area contributed by atoms with E-state index >= 15 is 0 Å². The minimum atomic E-state index is -0.231. The zero-order chi connectivity index (χ0) is 30.2. The number of ether oxygens (including phenoxy) is 1. The van der Waals surface area contributed by atoms with Gasteiger partial charge >= 0.3 is 0 Å². The van der Waals surface area contributed by atoms with Gasteiger partial charge in [0.15, 0.2) is 5.82 Å². The van der Waals surface area contributed by atoms with Crippen LogP contribution in [-0.4, -0.2) is 103 Å². The van der Waals surface area contributed by atoms with Gasteiger partial charge in [0.05, 0.1) is 25.5 Å². The average molecular weight is 591 g/mol. The third-order valence-corrected chi connectivity index (χ3v) is 9.75. The number of likely N-dealkylation sites (N-methyl/N-ethyl adjacent to an activating group) is 1. The second-order valence-corrected chi connectivity index (χ2v) is 12.6. The number of carbonyl (C=O) groups excluding carboxylic acids is 2. The van der Waals surface area contributed by atoms with Crippen LogP contribution in [0.5, 0.6) is 5.75 Å². The van der Waals surface area contributed by atoms with E-state index in [9.17, 15) is 9.59 Å². The number of benzene rings is 1. The molecule has 11 nitrogen and oxygen atoms in total. The molecule has 0 bridgehead atoms. The van der Waals surface area contributed by atoms with E-state index in [1.54, 1.807) is 18.2 Å². The van der Waals surface area contributed by atoms with E-state index in [0.29, 0.717) is 42.6 Å². The fourth-order valence-corrected chi connectivity index (χ4v) is 7.22. The Labute approximate surface area is 255 Å². The van der Waals surface area contributed by atoms with Gasteiger partial charge in [-0.25, -0.2) is 4.98 Å². The first-order chi connectivity index (χ1) is 20.8. The van der Waals surface area contributed by atoms with Gasteiger partial charge in [0.1, 0.15) is 17.5 Å². The van der Waals surface area contributed by atoms with Crippen LogP contribution in [0.1, 0.15) is 58.4 Å². The molecule has 3 aliphatic heterocycles. The van der Waals surface area contributed by atoms with Crippen molar-refractivity contribution in [3.8, 4) is 5.75 Å². The first kappa shape index (κ1) is 29.6. The Hall–Kier alpha value is -3.44. The normalized spacial score (nSPS) is 21.5. The number of nitrogens with one attached hydrogen (secondary N) is 1. The molecule has 0 radical (unpaired) electrons. The van der Waals surface area contributed by atoms with Crippen LogP contribution in [-0.2, 0) is 16.0 Å². The molecule has 2 aromatic rings. The highest BCUT2D eigenvalue weighted by Crippen LogP contribution is 2.42. The molecule has 4 aliphatic rings. The molecule has 4 heterocycles. The van der Waals surface area contributed by atoms with E-state index in [0.717, 1.165) is 74.6 Å². The minimum absolute atomic E-state index is 0.0954. The molecule has 1 aliphatic carbocycles. The maximum atomic E-state index is 13.5. The Morgan fingerprint density at radius 3 is 2.51 bits per heavy atom. The van der Waals surface area contributed by atoms with Crippen molar-refractivity contribution >= 4 is 40.6 Å². The highest BCUT2D eigenvalue weighted by molar-refractivity contribution is 6.04. The van der Waals surface area contributed by atoms with Crippen molar-refractivity contribution in [2.45, 2.75) is 77.4 Å². The molecule has 6 rings (SSSR count). The van der Waals surface area contributed by atoms with Crippen molar-refractivity contribution in [1.82, 2.24) is 19.8 Å². The lowest BCUT2D eigenvalue weighted by molar-refractivity contribution is -0.120. The summed E-state index contributed by atoms with van der Waals surface area (Å²) in [5, 5.41) is 3.40. The van der Waals surface area contributed by atoms with Gasteiger partial charge in [-0.3, -0.25) is 19.4 Å². The molecule has 1 saturated carbocycles. The third kappa shape index (κ3) is 5.64. The average Bonchev–Trinajstić information content (AvgIpc) is 3.69. The van der Waals surface area contributed by atoms with Gasteiger partial charge in [0, 0.05) is 57.5 Å². The van der Waals surface area contributed by atoms with E-state index < -0.39 is 0 Å². The summed E-state index contributed by atoms with van der Waals surface area (Å²) >= 11 is 0. The van der Waals surface area contributed by atoms with Gasteiger partial charge in [-0.1, -0.05) is 19.8 Å². The molecule has 0 unspecified atom stereocenters. The number of hydrogen-bond acceptors (Lipinski definition) is 9. The molecule has 1 N–H and O–H groups in total. The van der Waals surface area contributed by atoms with Crippen molar-refractivity contribution < 1.29 is 14.3 Å². The summed E-state index contributed by atoms with van der Waals surface area (Å²) in [5.74, 6) is 2.15. The zero-order valence-corrected chi connectivity index (χ0v) is 26.3. The Balaban J connectivity index is 1.24. The van der Waals surface area contributed by atoms with Crippen molar-refractivity contribution in [3.05, 3.63) is 23.9 Å². The first-order valence-electron chi connectivity index (χ1n) is 16.0. The second-order valence-electron chi connectivity index (χ2n) is 12.6. The number of piperazine rings is 1. The van der Waals surface area contributed by atoms with Crippen molar-refractivity contribution in [1.29, 1.82) is 0 Å². The number of amides is 2. The standard InChI is InChI=1S/C32H46N8O3/c1-6-25-31(42)36(4)27-19-33-32(35-30(27)40(25)23-9-7-8-10-23)34-24-18-26-22(17-28(24)43-5)11-12-39(26)29(41)20-37-13-15-38(16-14-37)21(2)3/h17-19,21,23,25H,6-16,20H2,1-5H3,(H,33,34,35)/t25-/m1/s1. The van der Waals surface area contributed by atoms with Crippen LogP contribution in [0.15, 0.2) is 18.3 Å². The molecular weight excluding hydrogens is 544 g/mol. The van der Waals surface area contributed by atoms with Crippen molar-refractivity contribution in [3.63, 3.8) is 0 Å². The predicted octanol–water partition coefficient (Wildman–Crippen LogP) is 3.65. The Bertz CT molecular complexity index is 1350. The fourth-order valence-electron chi connectivity index (χ4n) is 7.22. The lowest BCUT2D eigenvalue weighted by Crippen LogP contribution is -2.55. The zero-order valence-electron chi connectivity index (χ0n) is 26.3. The molecule has 2 fully saturated rings. The predicted molar refractivity (Wildman–Crippen MR) is 170 cm³/mol. The summed E-state index contributed by atoms with van der Waals surface area (Å²) < 4.78 is 5.77. The van der Waals surface area contributed by atoms with Crippen LogP contribution in [0, 0.1) is 0 Å². The molecule has 1 atom stereocenters. The highest BCUT2D eigenvalue weighted by Gasteiger charge is 2.41. The molecular formula is C32H46N8O3. The summed E-state index contributed by atoms with van der Waals surface area (Å²) in [6.45, 7) is 11.4. The fraction of sp³-hybridized carbons (Fsp3) is 0.625. The topological polar surface area (TPSA) is 97.4 Å². The van der Waals surface area contributed by atoms with Crippen LogP contribution in [0.3, 0.4) is 0 Å². The van der Waals surface area contributed by atoms with Gasteiger partial charge in [-0.2, -0.15) is 4.98 Å². The molecule has 1 aromatic heterocycles. The summed E-state index contributed by atoms with van der Waals surface area (Å²) in [6.07, 6.45) is 7.73. The van der Waals surface area contributed by atoms with E-state index in [2.05, 4.69) is 45.8 Å². The van der Waals surface area contributed by atoms with E-state index in [4.69, 9.17) is 9.72 Å². The summed E-state index contributed by atoms with van der Waals surface area (Å²) in [5.41, 5.74) is 3.46. The van der Waals surface area contributed by atoms with Gasteiger partial charge in [0.2, 0.25) is 17.8 Å². The molecule has 0 spiro atoms. The smallest absolute Gasteiger partial charge is 0.249 e. The number of rotatable bonds is 8.